The Kier molecular flexibility index (Phi) is 4.19. The molecule has 94 valence electrons. The first kappa shape index (κ1) is 13.3. The van der Waals surface area contributed by atoms with Crippen LogP contribution in [-0.4, -0.2) is 30.3 Å². The van der Waals surface area contributed by atoms with Crippen molar-refractivity contribution in [3.8, 4) is 0 Å². The van der Waals surface area contributed by atoms with Crippen LogP contribution in [0.2, 0.25) is 0 Å². The van der Waals surface area contributed by atoms with Crippen LogP contribution in [0.5, 0.6) is 0 Å². The quantitative estimate of drug-likeness (QED) is 0.708. The van der Waals surface area contributed by atoms with Crippen LogP contribution >= 0.6 is 0 Å². The van der Waals surface area contributed by atoms with E-state index < -0.39 is 5.60 Å². The molecule has 1 saturated carbocycles. The van der Waals surface area contributed by atoms with Crippen LogP contribution in [0.25, 0.3) is 0 Å². The zero-order valence-corrected chi connectivity index (χ0v) is 10.9. The Hall–Kier alpha value is -0.770. The maximum absolute atomic E-state index is 11.3. The Morgan fingerprint density at radius 3 is 2.44 bits per heavy atom. The van der Waals surface area contributed by atoms with Crippen molar-refractivity contribution in [3.63, 3.8) is 0 Å². The molecule has 0 unspecified atom stereocenters. The highest BCUT2D eigenvalue weighted by atomic mass is 16.6. The van der Waals surface area contributed by atoms with Gasteiger partial charge in [0.25, 0.3) is 0 Å². The molecule has 4 nitrogen and oxygen atoms in total. The summed E-state index contributed by atoms with van der Waals surface area (Å²) in [6, 6.07) is 0. The lowest BCUT2D eigenvalue weighted by Crippen LogP contribution is -2.35. The minimum atomic E-state index is -0.413. The van der Waals surface area contributed by atoms with Gasteiger partial charge in [0.05, 0.1) is 0 Å². The van der Waals surface area contributed by atoms with Crippen LogP contribution in [0.1, 0.15) is 47.0 Å². The van der Waals surface area contributed by atoms with E-state index in [0.717, 1.165) is 13.0 Å². The molecule has 0 saturated heterocycles. The maximum Gasteiger partial charge on any atom is 0.407 e. The normalized spacial score (nSPS) is 18.0. The van der Waals surface area contributed by atoms with Gasteiger partial charge in [0.2, 0.25) is 0 Å². The fourth-order valence-electron chi connectivity index (χ4n) is 1.35. The first-order valence-electron chi connectivity index (χ1n) is 6.03. The number of carbonyl (C=O) groups excluding carboxylic acids is 1. The van der Waals surface area contributed by atoms with E-state index in [1.165, 1.54) is 12.8 Å². The SMILES string of the molecule is CC1(NCCCNC(=O)OC(C)(C)C)CC1. The maximum atomic E-state index is 11.3. The number of carbonyl (C=O) groups is 1. The summed E-state index contributed by atoms with van der Waals surface area (Å²) in [6.07, 6.45) is 3.15. The van der Waals surface area contributed by atoms with Crippen molar-refractivity contribution in [1.82, 2.24) is 10.6 Å². The molecule has 1 aliphatic carbocycles. The van der Waals surface area contributed by atoms with Crippen LogP contribution in [0, 0.1) is 0 Å². The Labute approximate surface area is 98.1 Å². The van der Waals surface area contributed by atoms with Gasteiger partial charge in [0.15, 0.2) is 0 Å². The Morgan fingerprint density at radius 2 is 1.94 bits per heavy atom. The molecule has 0 aromatic heterocycles. The van der Waals surface area contributed by atoms with E-state index in [4.69, 9.17) is 4.74 Å². The monoisotopic (exact) mass is 228 g/mol. The average Bonchev–Trinajstić information content (AvgIpc) is 2.80. The number of alkyl carbamates (subject to hydrolysis) is 1. The third kappa shape index (κ3) is 5.95. The van der Waals surface area contributed by atoms with E-state index >= 15 is 0 Å². The Morgan fingerprint density at radius 1 is 1.31 bits per heavy atom. The number of rotatable bonds is 5. The van der Waals surface area contributed by atoms with Crippen molar-refractivity contribution in [2.45, 2.75) is 58.1 Å². The van der Waals surface area contributed by atoms with Crippen LogP contribution in [-0.2, 0) is 4.74 Å². The van der Waals surface area contributed by atoms with Crippen LogP contribution in [0.4, 0.5) is 4.79 Å². The predicted molar refractivity (Wildman–Crippen MR) is 64.5 cm³/mol. The summed E-state index contributed by atoms with van der Waals surface area (Å²) in [5.74, 6) is 0. The van der Waals surface area contributed by atoms with Gasteiger partial charge in [-0.3, -0.25) is 0 Å². The largest absolute Gasteiger partial charge is 0.444 e. The Balaban J connectivity index is 1.96. The molecule has 1 amide bonds. The number of hydrogen-bond donors (Lipinski definition) is 2. The second-order valence-electron chi connectivity index (χ2n) is 5.77. The lowest BCUT2D eigenvalue weighted by Gasteiger charge is -2.19. The first-order valence-corrected chi connectivity index (χ1v) is 6.03. The molecule has 0 atom stereocenters. The molecule has 16 heavy (non-hydrogen) atoms. The van der Waals surface area contributed by atoms with Crippen LogP contribution in [0.3, 0.4) is 0 Å². The van der Waals surface area contributed by atoms with Gasteiger partial charge >= 0.3 is 6.09 Å². The van der Waals surface area contributed by atoms with Crippen LogP contribution < -0.4 is 10.6 Å². The fraction of sp³-hybridized carbons (Fsp3) is 0.917. The highest BCUT2D eigenvalue weighted by molar-refractivity contribution is 5.67. The summed E-state index contributed by atoms with van der Waals surface area (Å²) in [7, 11) is 0. The highest BCUT2D eigenvalue weighted by Gasteiger charge is 2.35. The van der Waals surface area contributed by atoms with Crippen molar-refractivity contribution < 1.29 is 9.53 Å². The number of amides is 1. The van der Waals surface area contributed by atoms with E-state index in [2.05, 4.69) is 17.6 Å². The summed E-state index contributed by atoms with van der Waals surface area (Å²) in [5.41, 5.74) is -0.0320. The molecule has 0 aromatic rings. The summed E-state index contributed by atoms with van der Waals surface area (Å²) in [5, 5.41) is 6.21. The van der Waals surface area contributed by atoms with E-state index in [0.29, 0.717) is 12.1 Å². The highest BCUT2D eigenvalue weighted by Crippen LogP contribution is 2.33. The van der Waals surface area contributed by atoms with E-state index in [-0.39, 0.29) is 6.09 Å². The summed E-state index contributed by atoms with van der Waals surface area (Å²) >= 11 is 0. The zero-order chi connectivity index (χ0) is 12.2. The summed E-state index contributed by atoms with van der Waals surface area (Å²) in [6.45, 7) is 9.44. The number of nitrogens with one attached hydrogen (secondary N) is 2. The molecule has 0 heterocycles. The Bertz CT molecular complexity index is 242. The van der Waals surface area contributed by atoms with E-state index in [1.54, 1.807) is 0 Å². The minimum Gasteiger partial charge on any atom is -0.444 e. The van der Waals surface area contributed by atoms with E-state index in [9.17, 15) is 4.79 Å². The minimum absolute atomic E-state index is 0.329. The van der Waals surface area contributed by atoms with Gasteiger partial charge in [0, 0.05) is 12.1 Å². The molecule has 0 aliphatic heterocycles. The molecular formula is C12H24N2O2. The lowest BCUT2D eigenvalue weighted by atomic mass is 10.2. The molecule has 0 radical (unpaired) electrons. The lowest BCUT2D eigenvalue weighted by molar-refractivity contribution is 0.0527. The topological polar surface area (TPSA) is 50.4 Å². The van der Waals surface area contributed by atoms with Crippen molar-refractivity contribution in [1.29, 1.82) is 0 Å². The van der Waals surface area contributed by atoms with Gasteiger partial charge in [-0.15, -0.1) is 0 Å². The van der Waals surface area contributed by atoms with Gasteiger partial charge in [0.1, 0.15) is 5.60 Å². The number of ether oxygens (including phenoxy) is 1. The molecule has 1 rings (SSSR count). The molecule has 1 fully saturated rings. The molecule has 0 spiro atoms. The molecule has 0 aromatic carbocycles. The molecule has 1 aliphatic rings. The molecule has 4 heteroatoms. The van der Waals surface area contributed by atoms with Gasteiger partial charge in [-0.25, -0.2) is 4.79 Å². The number of hydrogen-bond acceptors (Lipinski definition) is 3. The zero-order valence-electron chi connectivity index (χ0n) is 10.9. The smallest absolute Gasteiger partial charge is 0.407 e. The van der Waals surface area contributed by atoms with Crippen molar-refractivity contribution in [3.05, 3.63) is 0 Å². The molecular weight excluding hydrogens is 204 g/mol. The molecule has 0 bridgehead atoms. The standard InChI is InChI=1S/C12H24N2O2/c1-11(2,3)16-10(15)13-8-5-9-14-12(4)6-7-12/h14H,5-9H2,1-4H3,(H,13,15). The van der Waals surface area contributed by atoms with Crippen molar-refractivity contribution in [2.75, 3.05) is 13.1 Å². The van der Waals surface area contributed by atoms with Crippen LogP contribution in [0.15, 0.2) is 0 Å². The average molecular weight is 228 g/mol. The molecule has 2 N–H and O–H groups in total. The fourth-order valence-corrected chi connectivity index (χ4v) is 1.35. The van der Waals surface area contributed by atoms with Gasteiger partial charge in [-0.2, -0.15) is 0 Å². The summed E-state index contributed by atoms with van der Waals surface area (Å²) < 4.78 is 5.13. The van der Waals surface area contributed by atoms with Crippen molar-refractivity contribution in [2.24, 2.45) is 0 Å². The predicted octanol–water partition coefficient (Wildman–Crippen LogP) is 2.04. The second-order valence-corrected chi connectivity index (χ2v) is 5.77. The summed E-state index contributed by atoms with van der Waals surface area (Å²) in [4.78, 5) is 11.3. The first-order chi connectivity index (χ1) is 7.31. The third-order valence-electron chi connectivity index (χ3n) is 2.57. The van der Waals surface area contributed by atoms with Gasteiger partial charge in [-0.05, 0) is 53.5 Å². The van der Waals surface area contributed by atoms with E-state index in [1.807, 2.05) is 20.8 Å². The van der Waals surface area contributed by atoms with Crippen molar-refractivity contribution >= 4 is 6.09 Å². The van der Waals surface area contributed by atoms with Gasteiger partial charge < -0.3 is 15.4 Å². The van der Waals surface area contributed by atoms with Gasteiger partial charge in [-0.1, -0.05) is 0 Å². The second kappa shape index (κ2) is 5.04. The third-order valence-corrected chi connectivity index (χ3v) is 2.57.